The van der Waals surface area contributed by atoms with E-state index >= 15 is 0 Å². The molecule has 106 valence electrons. The summed E-state index contributed by atoms with van der Waals surface area (Å²) >= 11 is 5.33. The summed E-state index contributed by atoms with van der Waals surface area (Å²) in [4.78, 5) is 11.8. The minimum absolute atomic E-state index is 0.0476. The molecule has 1 N–H and O–H groups in total. The maximum Gasteiger partial charge on any atom is 0.250 e. The molecule has 0 aliphatic heterocycles. The van der Waals surface area contributed by atoms with Crippen LogP contribution in [0.4, 0.5) is 0 Å². The highest BCUT2D eigenvalue weighted by molar-refractivity contribution is 9.10. The van der Waals surface area contributed by atoms with Gasteiger partial charge >= 0.3 is 0 Å². The molecule has 2 rings (SSSR count). The molecule has 1 aliphatic rings. The van der Waals surface area contributed by atoms with E-state index in [-0.39, 0.29) is 16.3 Å². The van der Waals surface area contributed by atoms with Crippen LogP contribution in [-0.4, -0.2) is 9.31 Å². The molecule has 0 spiro atoms. The molecule has 0 saturated heterocycles. The van der Waals surface area contributed by atoms with Gasteiger partial charge in [0.15, 0.2) is 0 Å². The van der Waals surface area contributed by atoms with E-state index < -0.39 is 0 Å². The minimum Gasteiger partial charge on any atom is -0.317 e. The number of halogens is 1. The second-order valence-electron chi connectivity index (χ2n) is 6.17. The van der Waals surface area contributed by atoms with E-state index in [1.165, 1.54) is 12.8 Å². The van der Waals surface area contributed by atoms with E-state index in [4.69, 9.17) is 0 Å². The first-order valence-corrected chi connectivity index (χ1v) is 8.18. The molecule has 19 heavy (non-hydrogen) atoms. The van der Waals surface area contributed by atoms with Crippen molar-refractivity contribution in [1.82, 2.24) is 9.29 Å². The standard InChI is InChI=1S/C14H21BrN2OS/c1-14(2,3)19-16-13(9-5-6-9)10-7-12(18)17(4)8-11(10)15/h7-9,13,16H,5-6H2,1-4H3/t13-/m0/s1. The van der Waals surface area contributed by atoms with Crippen LogP contribution >= 0.6 is 27.9 Å². The van der Waals surface area contributed by atoms with Crippen LogP contribution in [-0.2, 0) is 7.05 Å². The van der Waals surface area contributed by atoms with Gasteiger partial charge in [0.2, 0.25) is 0 Å². The molecular formula is C14H21BrN2OS. The summed E-state index contributed by atoms with van der Waals surface area (Å²) in [6.07, 6.45) is 4.34. The quantitative estimate of drug-likeness (QED) is 0.846. The third-order valence-electron chi connectivity index (χ3n) is 3.13. The van der Waals surface area contributed by atoms with E-state index in [0.717, 1.165) is 10.0 Å². The predicted molar refractivity (Wildman–Crippen MR) is 85.3 cm³/mol. The largest absolute Gasteiger partial charge is 0.317 e. The number of pyridine rings is 1. The maximum atomic E-state index is 11.8. The van der Waals surface area contributed by atoms with Crippen molar-refractivity contribution in [2.24, 2.45) is 13.0 Å². The van der Waals surface area contributed by atoms with Crippen molar-refractivity contribution in [2.75, 3.05) is 0 Å². The summed E-state index contributed by atoms with van der Waals surface area (Å²) in [5.41, 5.74) is 1.13. The first-order valence-electron chi connectivity index (χ1n) is 6.57. The fourth-order valence-electron chi connectivity index (χ4n) is 1.93. The summed E-state index contributed by atoms with van der Waals surface area (Å²) in [7, 11) is 1.78. The molecule has 1 fully saturated rings. The Bertz CT molecular complexity index is 517. The zero-order valence-electron chi connectivity index (χ0n) is 11.9. The Kier molecular flexibility index (Phi) is 4.48. The molecule has 1 aliphatic carbocycles. The molecule has 0 amide bonds. The Morgan fingerprint density at radius 1 is 1.47 bits per heavy atom. The fraction of sp³-hybridized carbons (Fsp3) is 0.643. The fourth-order valence-corrected chi connectivity index (χ4v) is 3.40. The molecular weight excluding hydrogens is 324 g/mol. The van der Waals surface area contributed by atoms with Gasteiger partial charge in [-0.3, -0.25) is 9.52 Å². The summed E-state index contributed by atoms with van der Waals surface area (Å²) in [5.74, 6) is 0.651. The smallest absolute Gasteiger partial charge is 0.250 e. The predicted octanol–water partition coefficient (Wildman–Crippen LogP) is 3.64. The van der Waals surface area contributed by atoms with Crippen molar-refractivity contribution in [1.29, 1.82) is 0 Å². The normalized spacial score (nSPS) is 17.5. The summed E-state index contributed by atoms with van der Waals surface area (Å²) < 4.78 is 6.34. The highest BCUT2D eigenvalue weighted by atomic mass is 79.9. The summed E-state index contributed by atoms with van der Waals surface area (Å²) in [6, 6.07) is 2.01. The number of nitrogens with zero attached hydrogens (tertiary/aromatic N) is 1. The van der Waals surface area contributed by atoms with Crippen molar-refractivity contribution in [3.05, 3.63) is 32.7 Å². The number of hydrogen-bond acceptors (Lipinski definition) is 3. The average molecular weight is 345 g/mol. The molecule has 0 bridgehead atoms. The molecule has 0 aromatic carbocycles. The first kappa shape index (κ1) is 15.1. The van der Waals surface area contributed by atoms with Gasteiger partial charge < -0.3 is 4.57 Å². The van der Waals surface area contributed by atoms with Crippen LogP contribution in [0, 0.1) is 5.92 Å². The van der Waals surface area contributed by atoms with Crippen molar-refractivity contribution in [3.63, 3.8) is 0 Å². The Labute approximate surface area is 127 Å². The SMILES string of the molecule is Cn1cc(Br)c([C@@H](NSC(C)(C)C)C2CC2)cc1=O. The Balaban J connectivity index is 2.24. The molecule has 0 radical (unpaired) electrons. The summed E-state index contributed by atoms with van der Waals surface area (Å²) in [6.45, 7) is 6.56. The molecule has 3 nitrogen and oxygen atoms in total. The van der Waals surface area contributed by atoms with Gasteiger partial charge in [-0.2, -0.15) is 0 Å². The van der Waals surface area contributed by atoms with Gasteiger partial charge in [0.25, 0.3) is 5.56 Å². The lowest BCUT2D eigenvalue weighted by Gasteiger charge is -2.25. The molecule has 5 heteroatoms. The van der Waals surface area contributed by atoms with Crippen molar-refractivity contribution >= 4 is 27.9 Å². The highest BCUT2D eigenvalue weighted by Crippen LogP contribution is 2.44. The van der Waals surface area contributed by atoms with Gasteiger partial charge in [0, 0.05) is 34.6 Å². The molecule has 1 aromatic rings. The van der Waals surface area contributed by atoms with E-state index in [9.17, 15) is 4.79 Å². The van der Waals surface area contributed by atoms with Crippen LogP contribution in [0.1, 0.15) is 45.2 Å². The molecule has 1 saturated carbocycles. The van der Waals surface area contributed by atoms with Gasteiger partial charge in [0.1, 0.15) is 0 Å². The van der Waals surface area contributed by atoms with Crippen LogP contribution in [0.15, 0.2) is 21.5 Å². The van der Waals surface area contributed by atoms with E-state index in [1.807, 2.05) is 6.20 Å². The monoisotopic (exact) mass is 344 g/mol. The van der Waals surface area contributed by atoms with Gasteiger partial charge in [-0.25, -0.2) is 0 Å². The van der Waals surface area contributed by atoms with Gasteiger partial charge in [-0.1, -0.05) is 11.9 Å². The van der Waals surface area contributed by atoms with Crippen molar-refractivity contribution < 1.29 is 0 Å². The number of nitrogens with one attached hydrogen (secondary N) is 1. The molecule has 0 unspecified atom stereocenters. The van der Waals surface area contributed by atoms with Crippen LogP contribution < -0.4 is 10.3 Å². The van der Waals surface area contributed by atoms with Crippen LogP contribution in [0.25, 0.3) is 0 Å². The van der Waals surface area contributed by atoms with Crippen LogP contribution in [0.3, 0.4) is 0 Å². The Morgan fingerprint density at radius 2 is 2.11 bits per heavy atom. The van der Waals surface area contributed by atoms with Crippen LogP contribution in [0.5, 0.6) is 0 Å². The zero-order valence-corrected chi connectivity index (χ0v) is 14.3. The minimum atomic E-state index is 0.0476. The topological polar surface area (TPSA) is 34.0 Å². The highest BCUT2D eigenvalue weighted by Gasteiger charge is 2.34. The van der Waals surface area contributed by atoms with Gasteiger partial charge in [-0.15, -0.1) is 0 Å². The zero-order chi connectivity index (χ0) is 14.2. The third kappa shape index (κ3) is 4.10. The van der Waals surface area contributed by atoms with E-state index in [0.29, 0.717) is 5.92 Å². The molecule has 1 heterocycles. The number of hydrogen-bond donors (Lipinski definition) is 1. The van der Waals surface area contributed by atoms with Crippen molar-refractivity contribution in [3.8, 4) is 0 Å². The average Bonchev–Trinajstić information content (AvgIpc) is 3.08. The summed E-state index contributed by atoms with van der Waals surface area (Å²) in [5, 5.41) is 0. The lowest BCUT2D eigenvalue weighted by atomic mass is 10.1. The number of rotatable bonds is 4. The third-order valence-corrected chi connectivity index (χ3v) is 4.78. The first-order chi connectivity index (χ1) is 8.78. The van der Waals surface area contributed by atoms with Crippen LogP contribution in [0.2, 0.25) is 0 Å². The second-order valence-corrected chi connectivity index (χ2v) is 8.69. The molecule has 1 aromatic heterocycles. The number of aryl methyl sites for hydroxylation is 1. The van der Waals surface area contributed by atoms with Crippen molar-refractivity contribution in [2.45, 2.75) is 44.4 Å². The Hall–Kier alpha value is -0.260. The van der Waals surface area contributed by atoms with Gasteiger partial charge in [0.05, 0.1) is 0 Å². The second kappa shape index (κ2) is 5.62. The van der Waals surface area contributed by atoms with E-state index in [2.05, 4.69) is 41.4 Å². The lowest BCUT2D eigenvalue weighted by molar-refractivity contribution is 0.581. The van der Waals surface area contributed by atoms with Gasteiger partial charge in [-0.05, 0) is 61.0 Å². The Morgan fingerprint density at radius 3 is 2.63 bits per heavy atom. The lowest BCUT2D eigenvalue weighted by Crippen LogP contribution is -2.26. The number of aromatic nitrogens is 1. The molecule has 1 atom stereocenters. The maximum absolute atomic E-state index is 11.8. The van der Waals surface area contributed by atoms with E-state index in [1.54, 1.807) is 29.6 Å².